The van der Waals surface area contributed by atoms with Crippen LogP contribution in [0.4, 0.5) is 0 Å². The molecule has 0 atom stereocenters. The predicted molar refractivity (Wildman–Crippen MR) is 38.8 cm³/mol. The lowest BCUT2D eigenvalue weighted by atomic mass is 10.6. The Hall–Kier alpha value is 0.200. The molecular formula is C4H10ClNO2S. The lowest BCUT2D eigenvalue weighted by Crippen LogP contribution is -2.35. The smallest absolute Gasteiger partial charge is 0.152 e. The van der Waals surface area contributed by atoms with Crippen molar-refractivity contribution >= 4 is 22.2 Å². The van der Waals surface area contributed by atoms with Gasteiger partial charge in [-0.1, -0.05) is 0 Å². The number of rotatable bonds is 0. The van der Waals surface area contributed by atoms with Gasteiger partial charge in [-0.3, -0.25) is 0 Å². The van der Waals surface area contributed by atoms with Crippen molar-refractivity contribution in [2.75, 3.05) is 24.6 Å². The van der Waals surface area contributed by atoms with Gasteiger partial charge in [-0.2, -0.15) is 0 Å². The van der Waals surface area contributed by atoms with Crippen molar-refractivity contribution in [1.82, 2.24) is 5.32 Å². The van der Waals surface area contributed by atoms with Crippen LogP contribution < -0.4 is 5.32 Å². The van der Waals surface area contributed by atoms with Gasteiger partial charge in [0.05, 0.1) is 11.5 Å². The van der Waals surface area contributed by atoms with Gasteiger partial charge in [0.2, 0.25) is 0 Å². The molecule has 0 aromatic heterocycles. The molecule has 0 bridgehead atoms. The molecule has 1 fully saturated rings. The molecule has 1 N–H and O–H groups in total. The van der Waals surface area contributed by atoms with Crippen LogP contribution in [-0.2, 0) is 9.84 Å². The van der Waals surface area contributed by atoms with Gasteiger partial charge in [0, 0.05) is 13.1 Å². The summed E-state index contributed by atoms with van der Waals surface area (Å²) in [6.45, 7) is 1.25. The van der Waals surface area contributed by atoms with Crippen molar-refractivity contribution in [1.29, 1.82) is 0 Å². The van der Waals surface area contributed by atoms with Gasteiger partial charge in [0.25, 0.3) is 0 Å². The Kier molecular flexibility index (Phi) is 3.46. The van der Waals surface area contributed by atoms with Crippen molar-refractivity contribution in [3.8, 4) is 0 Å². The molecule has 1 saturated heterocycles. The van der Waals surface area contributed by atoms with Crippen LogP contribution in [0, 0.1) is 0 Å². The van der Waals surface area contributed by atoms with Gasteiger partial charge < -0.3 is 5.32 Å². The van der Waals surface area contributed by atoms with E-state index in [4.69, 9.17) is 0 Å². The quantitative estimate of drug-likeness (QED) is 0.531. The average Bonchev–Trinajstić information content (AvgIpc) is 1.65. The molecule has 0 aromatic carbocycles. The molecular weight excluding hydrogens is 162 g/mol. The highest BCUT2D eigenvalue weighted by Gasteiger charge is 2.13. The van der Waals surface area contributed by atoms with Gasteiger partial charge in [-0.15, -0.1) is 12.4 Å². The first-order valence-electron chi connectivity index (χ1n) is 2.62. The fourth-order valence-corrected chi connectivity index (χ4v) is 1.80. The van der Waals surface area contributed by atoms with Gasteiger partial charge in [0.15, 0.2) is 9.84 Å². The molecule has 1 heterocycles. The molecule has 5 heteroatoms. The second-order valence-corrected chi connectivity index (χ2v) is 4.21. The van der Waals surface area contributed by atoms with E-state index in [1.165, 1.54) is 0 Å². The predicted octanol–water partition coefficient (Wildman–Crippen LogP) is -0.574. The molecule has 1 rings (SSSR count). The largest absolute Gasteiger partial charge is 0.315 e. The number of nitrogens with one attached hydrogen (secondary N) is 1. The van der Waals surface area contributed by atoms with Crippen molar-refractivity contribution in [3.05, 3.63) is 0 Å². The normalized spacial score (nSPS) is 24.4. The van der Waals surface area contributed by atoms with Crippen molar-refractivity contribution in [2.24, 2.45) is 0 Å². The Bertz CT molecular complexity index is 153. The zero-order chi connectivity index (χ0) is 6.04. The molecule has 0 aliphatic carbocycles. The molecule has 0 unspecified atom stereocenters. The maximum absolute atomic E-state index is 10.6. The summed E-state index contributed by atoms with van der Waals surface area (Å²) in [5.41, 5.74) is 0. The average molecular weight is 172 g/mol. The molecule has 1 aliphatic heterocycles. The number of sulfone groups is 1. The Morgan fingerprint density at radius 2 is 1.56 bits per heavy atom. The zero-order valence-electron chi connectivity index (χ0n) is 4.96. The van der Waals surface area contributed by atoms with Gasteiger partial charge in [0.1, 0.15) is 0 Å². The second-order valence-electron chi connectivity index (χ2n) is 1.90. The molecule has 0 radical (unpaired) electrons. The van der Waals surface area contributed by atoms with E-state index in [-0.39, 0.29) is 12.4 Å². The molecule has 0 aromatic rings. The summed E-state index contributed by atoms with van der Waals surface area (Å²) < 4.78 is 21.2. The number of hydrogen-bond donors (Lipinski definition) is 1. The minimum Gasteiger partial charge on any atom is -0.315 e. The third kappa shape index (κ3) is 3.03. The van der Waals surface area contributed by atoms with E-state index in [1.807, 2.05) is 0 Å². The first-order valence-corrected chi connectivity index (χ1v) is 4.44. The summed E-state index contributed by atoms with van der Waals surface area (Å²) in [4.78, 5) is 0. The maximum atomic E-state index is 10.6. The zero-order valence-corrected chi connectivity index (χ0v) is 6.59. The van der Waals surface area contributed by atoms with Gasteiger partial charge >= 0.3 is 0 Å². The molecule has 1 aliphatic rings. The third-order valence-corrected chi connectivity index (χ3v) is 2.83. The van der Waals surface area contributed by atoms with Crippen molar-refractivity contribution < 1.29 is 8.42 Å². The SMILES string of the molecule is Cl.O=S1(=O)CCNCC1. The van der Waals surface area contributed by atoms with E-state index in [2.05, 4.69) is 5.32 Å². The van der Waals surface area contributed by atoms with Crippen LogP contribution in [0.15, 0.2) is 0 Å². The van der Waals surface area contributed by atoms with E-state index in [9.17, 15) is 8.42 Å². The molecule has 0 spiro atoms. The van der Waals surface area contributed by atoms with Gasteiger partial charge in [-0.25, -0.2) is 8.42 Å². The van der Waals surface area contributed by atoms with Gasteiger partial charge in [-0.05, 0) is 0 Å². The highest BCUT2D eigenvalue weighted by atomic mass is 35.5. The first kappa shape index (κ1) is 9.20. The summed E-state index contributed by atoms with van der Waals surface area (Å²) in [6, 6.07) is 0. The summed E-state index contributed by atoms with van der Waals surface area (Å²) in [6.07, 6.45) is 0. The number of halogens is 1. The van der Waals surface area contributed by atoms with Crippen LogP contribution in [0.3, 0.4) is 0 Å². The Morgan fingerprint density at radius 1 is 1.11 bits per heavy atom. The minimum atomic E-state index is -2.65. The van der Waals surface area contributed by atoms with E-state index in [0.29, 0.717) is 24.6 Å². The van der Waals surface area contributed by atoms with E-state index in [1.54, 1.807) is 0 Å². The van der Waals surface area contributed by atoms with E-state index in [0.717, 1.165) is 0 Å². The Labute approximate surface area is 61.2 Å². The van der Waals surface area contributed by atoms with Crippen LogP contribution in [0.5, 0.6) is 0 Å². The molecule has 0 saturated carbocycles. The topological polar surface area (TPSA) is 46.2 Å². The fourth-order valence-electron chi connectivity index (χ4n) is 0.682. The highest BCUT2D eigenvalue weighted by molar-refractivity contribution is 7.91. The van der Waals surface area contributed by atoms with Crippen LogP contribution >= 0.6 is 12.4 Å². The fraction of sp³-hybridized carbons (Fsp3) is 1.00. The maximum Gasteiger partial charge on any atom is 0.152 e. The lowest BCUT2D eigenvalue weighted by Gasteiger charge is -2.10. The molecule has 56 valence electrons. The van der Waals surface area contributed by atoms with Crippen LogP contribution in [0.25, 0.3) is 0 Å². The highest BCUT2D eigenvalue weighted by Crippen LogP contribution is 1.91. The van der Waals surface area contributed by atoms with Crippen LogP contribution in [0.1, 0.15) is 0 Å². The summed E-state index contributed by atoms with van der Waals surface area (Å²) in [5, 5.41) is 2.96. The first-order chi connectivity index (χ1) is 3.71. The van der Waals surface area contributed by atoms with E-state index < -0.39 is 9.84 Å². The second kappa shape index (κ2) is 3.39. The van der Waals surface area contributed by atoms with E-state index >= 15 is 0 Å². The molecule has 0 amide bonds. The monoisotopic (exact) mass is 171 g/mol. The summed E-state index contributed by atoms with van der Waals surface area (Å²) in [5.74, 6) is 0.625. The van der Waals surface area contributed by atoms with Crippen LogP contribution in [0.2, 0.25) is 0 Å². The Balaban J connectivity index is 0.000000640. The van der Waals surface area contributed by atoms with Crippen molar-refractivity contribution in [2.45, 2.75) is 0 Å². The summed E-state index contributed by atoms with van der Waals surface area (Å²) in [7, 11) is -2.65. The number of hydrogen-bond acceptors (Lipinski definition) is 3. The molecule has 9 heavy (non-hydrogen) atoms. The molecule has 3 nitrogen and oxygen atoms in total. The van der Waals surface area contributed by atoms with Crippen molar-refractivity contribution in [3.63, 3.8) is 0 Å². The third-order valence-electron chi connectivity index (χ3n) is 1.18. The standard InChI is InChI=1S/C4H9NO2S.ClH/c6-8(7)3-1-5-2-4-8;/h5H,1-4H2;1H. The minimum absolute atomic E-state index is 0. The summed E-state index contributed by atoms with van der Waals surface area (Å²) >= 11 is 0. The Morgan fingerprint density at radius 3 is 1.78 bits per heavy atom. The lowest BCUT2D eigenvalue weighted by molar-refractivity contribution is 0.577. The van der Waals surface area contributed by atoms with Crippen LogP contribution in [-0.4, -0.2) is 33.0 Å².